The third kappa shape index (κ3) is 76.1. The van der Waals surface area contributed by atoms with Crippen molar-refractivity contribution < 1.29 is 80.2 Å². The van der Waals surface area contributed by atoms with Crippen LogP contribution in [0, 0.1) is 5.92 Å². The molecular formula is C82H160O17P2. The van der Waals surface area contributed by atoms with E-state index >= 15 is 0 Å². The number of carbonyl (C=O) groups excluding carboxylic acids is 4. The first kappa shape index (κ1) is 99.1. The highest BCUT2D eigenvalue weighted by Gasteiger charge is 2.30. The van der Waals surface area contributed by atoms with Gasteiger partial charge in [0.1, 0.15) is 19.3 Å². The van der Waals surface area contributed by atoms with Gasteiger partial charge in [0, 0.05) is 25.7 Å². The average Bonchev–Trinajstić information content (AvgIpc) is 0.957. The maximum absolute atomic E-state index is 13.1. The Kier molecular flexibility index (Phi) is 73.5. The Labute approximate surface area is 619 Å². The van der Waals surface area contributed by atoms with E-state index in [1.54, 1.807) is 0 Å². The summed E-state index contributed by atoms with van der Waals surface area (Å²) in [4.78, 5) is 73.1. The molecule has 101 heavy (non-hydrogen) atoms. The van der Waals surface area contributed by atoms with Crippen LogP contribution in [-0.4, -0.2) is 96.7 Å². The van der Waals surface area contributed by atoms with Crippen molar-refractivity contribution in [3.05, 3.63) is 0 Å². The quantitative estimate of drug-likeness (QED) is 0.0222. The second-order valence-corrected chi connectivity index (χ2v) is 32.9. The topological polar surface area (TPSA) is 237 Å². The van der Waals surface area contributed by atoms with E-state index in [1.807, 2.05) is 0 Å². The normalized spacial score (nSPS) is 13.8. The maximum Gasteiger partial charge on any atom is 0.472 e. The Bertz CT molecular complexity index is 1930. The molecule has 600 valence electrons. The Hall–Kier alpha value is -1.94. The number of rotatable bonds is 82. The molecule has 0 heterocycles. The minimum atomic E-state index is -4.96. The summed E-state index contributed by atoms with van der Waals surface area (Å²) < 4.78 is 68.8. The van der Waals surface area contributed by atoms with Gasteiger partial charge in [0.25, 0.3) is 0 Å². The van der Waals surface area contributed by atoms with Gasteiger partial charge in [-0.1, -0.05) is 388 Å². The molecule has 0 radical (unpaired) electrons. The SMILES string of the molecule is CCCCCCCCCCCCCCCCCCCCCCCC(=O)O[C@H](COC(=O)CCCCCCCCCCCCCCCCC)COP(=O)(O)OC[C@@H](O)COP(=O)(O)OC[C@@H](COC(=O)CCCCCCCCCCCCCC)OC(=O)CCCCCCCCCCCCC(C)C. The standard InChI is InChI=1S/C82H160O17P2/c1-6-9-12-15-18-21-24-27-29-30-31-32-33-34-36-38-41-47-52-57-62-67-81(86)98-77(71-93-80(85)66-61-56-51-46-40-37-35-28-25-22-19-16-13-10-7-2)73-96-100(88,89)94-69-76(83)70-95-101(90,91)97-74-78(72-92-79(84)65-60-55-50-45-39-26-23-20-17-14-11-8-3)99-82(87)68-63-58-53-48-43-42-44-49-54-59-64-75(4)5/h75-78,83H,6-74H2,1-5H3,(H,88,89)(H,90,91)/t76-,77-,78-/m1/s1. The lowest BCUT2D eigenvalue weighted by Crippen LogP contribution is -2.30. The lowest BCUT2D eigenvalue weighted by atomic mass is 10.0. The fourth-order valence-electron chi connectivity index (χ4n) is 12.8. The zero-order valence-electron chi connectivity index (χ0n) is 66.1. The predicted octanol–water partition coefficient (Wildman–Crippen LogP) is 24.8. The zero-order chi connectivity index (χ0) is 74.1. The molecule has 17 nitrogen and oxygen atoms in total. The van der Waals surface area contributed by atoms with Gasteiger partial charge in [0.15, 0.2) is 12.2 Å². The van der Waals surface area contributed by atoms with Crippen LogP contribution in [-0.2, 0) is 65.4 Å². The first-order valence-corrected chi connectivity index (χ1v) is 45.6. The molecule has 0 saturated carbocycles. The number of unbranched alkanes of at least 4 members (excludes halogenated alkanes) is 54. The number of aliphatic hydroxyl groups excluding tert-OH is 1. The number of phosphoric ester groups is 2. The summed E-state index contributed by atoms with van der Waals surface area (Å²) in [6, 6.07) is 0. The summed E-state index contributed by atoms with van der Waals surface area (Å²) in [5.74, 6) is -1.35. The van der Waals surface area contributed by atoms with Gasteiger partial charge in [-0.3, -0.25) is 37.3 Å². The number of hydrogen-bond donors (Lipinski definition) is 3. The predicted molar refractivity (Wildman–Crippen MR) is 414 cm³/mol. The van der Waals surface area contributed by atoms with Crippen molar-refractivity contribution in [3.8, 4) is 0 Å². The van der Waals surface area contributed by atoms with E-state index in [9.17, 15) is 43.2 Å². The second kappa shape index (κ2) is 74.9. The first-order chi connectivity index (χ1) is 49.0. The Morgan fingerprint density at radius 2 is 0.455 bits per heavy atom. The molecule has 0 aliphatic heterocycles. The number of esters is 4. The van der Waals surface area contributed by atoms with Crippen LogP contribution in [0.1, 0.15) is 439 Å². The average molecular weight is 1480 g/mol. The highest BCUT2D eigenvalue weighted by Crippen LogP contribution is 2.45. The molecule has 0 aliphatic carbocycles. The molecule has 0 rings (SSSR count). The van der Waals surface area contributed by atoms with Gasteiger partial charge in [-0.25, -0.2) is 9.13 Å². The molecule has 0 aromatic heterocycles. The summed E-state index contributed by atoms with van der Waals surface area (Å²) >= 11 is 0. The Morgan fingerprint density at radius 1 is 0.267 bits per heavy atom. The minimum absolute atomic E-state index is 0.107. The van der Waals surface area contributed by atoms with Crippen molar-refractivity contribution >= 4 is 39.5 Å². The molecular weight excluding hydrogens is 1320 g/mol. The monoisotopic (exact) mass is 1480 g/mol. The van der Waals surface area contributed by atoms with Crippen LogP contribution in [0.15, 0.2) is 0 Å². The van der Waals surface area contributed by atoms with E-state index in [-0.39, 0.29) is 25.7 Å². The van der Waals surface area contributed by atoms with Crippen molar-refractivity contribution in [2.24, 2.45) is 5.92 Å². The van der Waals surface area contributed by atoms with E-state index in [1.165, 1.54) is 263 Å². The molecule has 0 bridgehead atoms. The fourth-order valence-corrected chi connectivity index (χ4v) is 14.3. The molecule has 3 N–H and O–H groups in total. The van der Waals surface area contributed by atoms with Crippen molar-refractivity contribution in [2.75, 3.05) is 39.6 Å². The van der Waals surface area contributed by atoms with Crippen LogP contribution in [0.5, 0.6) is 0 Å². The van der Waals surface area contributed by atoms with E-state index < -0.39 is 97.5 Å². The molecule has 0 spiro atoms. The van der Waals surface area contributed by atoms with E-state index in [0.29, 0.717) is 25.7 Å². The van der Waals surface area contributed by atoms with Crippen molar-refractivity contribution in [1.29, 1.82) is 0 Å². The molecule has 0 aromatic rings. The number of carbonyl (C=O) groups is 4. The van der Waals surface area contributed by atoms with Gasteiger partial charge in [0.05, 0.1) is 26.4 Å². The summed E-state index contributed by atoms with van der Waals surface area (Å²) in [6.45, 7) is 7.33. The second-order valence-electron chi connectivity index (χ2n) is 30.0. The molecule has 19 heteroatoms. The Morgan fingerprint density at radius 3 is 0.673 bits per heavy atom. The molecule has 2 unspecified atom stereocenters. The van der Waals surface area contributed by atoms with Crippen LogP contribution in [0.3, 0.4) is 0 Å². The largest absolute Gasteiger partial charge is 0.472 e. The van der Waals surface area contributed by atoms with E-state index in [4.69, 9.17) is 37.0 Å². The van der Waals surface area contributed by atoms with Crippen LogP contribution < -0.4 is 0 Å². The van der Waals surface area contributed by atoms with Crippen molar-refractivity contribution in [1.82, 2.24) is 0 Å². The highest BCUT2D eigenvalue weighted by molar-refractivity contribution is 7.47. The third-order valence-corrected chi connectivity index (χ3v) is 21.2. The van der Waals surface area contributed by atoms with Gasteiger partial charge in [0.2, 0.25) is 0 Å². The fraction of sp³-hybridized carbons (Fsp3) is 0.951. The van der Waals surface area contributed by atoms with Crippen LogP contribution in [0.25, 0.3) is 0 Å². The van der Waals surface area contributed by atoms with Crippen molar-refractivity contribution in [3.63, 3.8) is 0 Å². The summed E-state index contributed by atoms with van der Waals surface area (Å²) in [7, 11) is -9.92. The Balaban J connectivity index is 5.23. The summed E-state index contributed by atoms with van der Waals surface area (Å²) in [5.41, 5.74) is 0. The number of aliphatic hydroxyl groups is 1. The number of phosphoric acid groups is 2. The zero-order valence-corrected chi connectivity index (χ0v) is 67.8. The number of hydrogen-bond acceptors (Lipinski definition) is 15. The van der Waals surface area contributed by atoms with Crippen LogP contribution in [0.2, 0.25) is 0 Å². The molecule has 0 aliphatic rings. The van der Waals surface area contributed by atoms with Crippen LogP contribution in [0.4, 0.5) is 0 Å². The van der Waals surface area contributed by atoms with Crippen LogP contribution >= 0.6 is 15.6 Å². The maximum atomic E-state index is 13.1. The van der Waals surface area contributed by atoms with Crippen molar-refractivity contribution in [2.45, 2.75) is 457 Å². The third-order valence-electron chi connectivity index (χ3n) is 19.3. The van der Waals surface area contributed by atoms with E-state index in [2.05, 4.69) is 34.6 Å². The van der Waals surface area contributed by atoms with E-state index in [0.717, 1.165) is 95.8 Å². The molecule has 0 fully saturated rings. The summed E-state index contributed by atoms with van der Waals surface area (Å²) in [5, 5.41) is 10.6. The van der Waals surface area contributed by atoms with Gasteiger partial charge in [-0.15, -0.1) is 0 Å². The molecule has 0 amide bonds. The van der Waals surface area contributed by atoms with Gasteiger partial charge in [-0.2, -0.15) is 0 Å². The lowest BCUT2D eigenvalue weighted by Gasteiger charge is -2.21. The smallest absolute Gasteiger partial charge is 0.462 e. The highest BCUT2D eigenvalue weighted by atomic mass is 31.2. The van der Waals surface area contributed by atoms with Gasteiger partial charge in [-0.05, 0) is 31.6 Å². The summed E-state index contributed by atoms with van der Waals surface area (Å²) in [6.07, 6.45) is 66.6. The van der Waals surface area contributed by atoms with Gasteiger partial charge < -0.3 is 33.8 Å². The molecule has 0 saturated heterocycles. The lowest BCUT2D eigenvalue weighted by molar-refractivity contribution is -0.161. The minimum Gasteiger partial charge on any atom is -0.462 e. The molecule has 0 aromatic carbocycles. The first-order valence-electron chi connectivity index (χ1n) is 42.6. The number of ether oxygens (including phenoxy) is 4. The van der Waals surface area contributed by atoms with Gasteiger partial charge >= 0.3 is 39.5 Å². The molecule has 5 atom stereocenters.